The lowest BCUT2D eigenvalue weighted by Gasteiger charge is -2.41. The molecule has 0 spiro atoms. The van der Waals surface area contributed by atoms with Crippen LogP contribution in [0, 0.1) is 0 Å². The van der Waals surface area contributed by atoms with E-state index in [1.54, 1.807) is 0 Å². The summed E-state index contributed by atoms with van der Waals surface area (Å²) in [6.07, 6.45) is 0. The van der Waals surface area contributed by atoms with Crippen molar-refractivity contribution >= 4 is 34.7 Å². The molecule has 0 rings (SSSR count). The SMILES string of the molecule is C=C=C(C)P(Cl)C([Si](C)(C)C)[Si](C)(C)C. The fourth-order valence-electron chi connectivity index (χ4n) is 2.25. The van der Waals surface area contributed by atoms with Gasteiger partial charge < -0.3 is 0 Å². The Hall–Kier alpha value is 0.674. The van der Waals surface area contributed by atoms with E-state index in [0.717, 1.165) is 4.91 Å². The predicted molar refractivity (Wildman–Crippen MR) is 81.6 cm³/mol. The van der Waals surface area contributed by atoms with Gasteiger partial charge in [-0.25, -0.2) is 0 Å². The topological polar surface area (TPSA) is 0 Å². The van der Waals surface area contributed by atoms with Gasteiger partial charge in [0.05, 0.1) is 16.1 Å². The maximum absolute atomic E-state index is 6.66. The van der Waals surface area contributed by atoms with Crippen LogP contribution >= 0.6 is 18.5 Å². The first-order valence-electron chi connectivity index (χ1n) is 5.33. The molecule has 0 aromatic rings. The number of hydrogen-bond donors (Lipinski definition) is 0. The van der Waals surface area contributed by atoms with Crippen LogP contribution in [-0.2, 0) is 0 Å². The normalized spacial score (nSPS) is 15.0. The van der Waals surface area contributed by atoms with Crippen LogP contribution < -0.4 is 0 Å². The van der Waals surface area contributed by atoms with Gasteiger partial charge in [-0.15, -0.1) is 5.73 Å². The molecule has 0 N–H and O–H groups in total. The molecule has 0 aromatic carbocycles. The molecule has 0 aliphatic rings. The van der Waals surface area contributed by atoms with Gasteiger partial charge >= 0.3 is 0 Å². The van der Waals surface area contributed by atoms with Crippen LogP contribution in [0.3, 0.4) is 0 Å². The van der Waals surface area contributed by atoms with E-state index in [9.17, 15) is 0 Å². The second-order valence-electron chi connectivity index (χ2n) is 6.21. The first-order valence-corrected chi connectivity index (χ1v) is 14.8. The van der Waals surface area contributed by atoms with Crippen LogP contribution in [0.15, 0.2) is 17.6 Å². The summed E-state index contributed by atoms with van der Waals surface area (Å²) in [5.74, 6) is 0. The Morgan fingerprint density at radius 1 is 1.13 bits per heavy atom. The number of allylic oxidation sites excluding steroid dienone is 1. The van der Waals surface area contributed by atoms with Gasteiger partial charge in [0.25, 0.3) is 0 Å². The van der Waals surface area contributed by atoms with Crippen molar-refractivity contribution < 1.29 is 0 Å². The minimum absolute atomic E-state index is 0.543. The van der Waals surface area contributed by atoms with E-state index in [1.165, 1.54) is 5.31 Å². The molecule has 0 saturated carbocycles. The van der Waals surface area contributed by atoms with E-state index >= 15 is 0 Å². The summed E-state index contributed by atoms with van der Waals surface area (Å²) in [5.41, 5.74) is 3.00. The van der Waals surface area contributed by atoms with Crippen molar-refractivity contribution in [2.45, 2.75) is 51.1 Å². The molecule has 0 heterocycles. The van der Waals surface area contributed by atoms with Crippen LogP contribution in [0.1, 0.15) is 6.92 Å². The highest BCUT2D eigenvalue weighted by atomic mass is 35.7. The smallest absolute Gasteiger partial charge is 0.0510 e. The molecule has 0 bridgehead atoms. The molecular formula is C11H24ClPSi2. The summed E-state index contributed by atoms with van der Waals surface area (Å²) in [6.45, 7) is 20.4. The zero-order valence-corrected chi connectivity index (χ0v) is 14.8. The number of rotatable bonds is 4. The van der Waals surface area contributed by atoms with Crippen LogP contribution in [0.5, 0.6) is 0 Å². The highest BCUT2D eigenvalue weighted by molar-refractivity contribution is 7.91. The molecular weight excluding hydrogens is 255 g/mol. The minimum atomic E-state index is -1.19. The molecule has 0 saturated heterocycles. The molecule has 0 nitrogen and oxygen atoms in total. The van der Waals surface area contributed by atoms with Crippen LogP contribution in [0.25, 0.3) is 0 Å². The van der Waals surface area contributed by atoms with Crippen LogP contribution in [0.2, 0.25) is 39.3 Å². The molecule has 4 heteroatoms. The molecule has 15 heavy (non-hydrogen) atoms. The van der Waals surface area contributed by atoms with Crippen molar-refractivity contribution in [1.29, 1.82) is 0 Å². The lowest BCUT2D eigenvalue weighted by atomic mass is 10.7. The highest BCUT2D eigenvalue weighted by Gasteiger charge is 2.42. The lowest BCUT2D eigenvalue weighted by Crippen LogP contribution is -2.52. The predicted octanol–water partition coefficient (Wildman–Crippen LogP) is 5.43. The number of hydrogen-bond acceptors (Lipinski definition) is 0. The summed E-state index contributed by atoms with van der Waals surface area (Å²) < 4.78 is 0. The average molecular weight is 279 g/mol. The van der Waals surface area contributed by atoms with E-state index in [2.05, 4.69) is 58.5 Å². The van der Waals surface area contributed by atoms with Crippen molar-refractivity contribution in [1.82, 2.24) is 0 Å². The number of halogens is 1. The molecule has 0 fully saturated rings. The van der Waals surface area contributed by atoms with Crippen molar-refractivity contribution in [3.8, 4) is 0 Å². The highest BCUT2D eigenvalue weighted by Crippen LogP contribution is 2.58. The summed E-state index contributed by atoms with van der Waals surface area (Å²) >= 11 is 6.66. The van der Waals surface area contributed by atoms with Gasteiger partial charge in [-0.3, -0.25) is 0 Å². The summed E-state index contributed by atoms with van der Waals surface area (Å²) in [6, 6.07) is 0. The molecule has 0 aliphatic heterocycles. The first-order chi connectivity index (χ1) is 6.51. The van der Waals surface area contributed by atoms with Gasteiger partial charge in [0.1, 0.15) is 0 Å². The Bertz CT molecular complexity index is 255. The average Bonchev–Trinajstić information content (AvgIpc) is 1.97. The Balaban J connectivity index is 5.24. The molecule has 0 aliphatic carbocycles. The Morgan fingerprint density at radius 3 is 1.67 bits per heavy atom. The van der Waals surface area contributed by atoms with Crippen LogP contribution in [0.4, 0.5) is 0 Å². The van der Waals surface area contributed by atoms with E-state index in [-0.39, 0.29) is 0 Å². The van der Waals surface area contributed by atoms with Crippen LogP contribution in [-0.4, -0.2) is 21.1 Å². The summed E-state index contributed by atoms with van der Waals surface area (Å²) in [5, 5.41) is 1.18. The van der Waals surface area contributed by atoms with E-state index < -0.39 is 23.4 Å². The van der Waals surface area contributed by atoms with Crippen molar-refractivity contribution in [3.05, 3.63) is 17.6 Å². The largest absolute Gasteiger partial charge is 0.124 e. The zero-order valence-electron chi connectivity index (χ0n) is 11.1. The fourth-order valence-corrected chi connectivity index (χ4v) is 25.2. The fraction of sp³-hybridized carbons (Fsp3) is 0.727. The molecule has 88 valence electrons. The van der Waals surface area contributed by atoms with Crippen molar-refractivity contribution in [2.75, 3.05) is 0 Å². The van der Waals surface area contributed by atoms with Gasteiger partial charge in [0, 0.05) is 12.6 Å². The third kappa shape index (κ3) is 4.58. The lowest BCUT2D eigenvalue weighted by molar-refractivity contribution is 1.44. The van der Waals surface area contributed by atoms with Crippen molar-refractivity contribution in [3.63, 3.8) is 0 Å². The Morgan fingerprint density at radius 2 is 1.47 bits per heavy atom. The third-order valence-electron chi connectivity index (χ3n) is 2.44. The maximum atomic E-state index is 6.66. The van der Waals surface area contributed by atoms with Gasteiger partial charge in [0.2, 0.25) is 0 Å². The molecule has 0 aromatic heterocycles. The van der Waals surface area contributed by atoms with Crippen molar-refractivity contribution in [2.24, 2.45) is 0 Å². The first kappa shape index (κ1) is 15.7. The molecule has 1 atom stereocenters. The van der Waals surface area contributed by atoms with Gasteiger partial charge in [-0.1, -0.05) is 57.1 Å². The van der Waals surface area contributed by atoms with Gasteiger partial charge in [-0.05, 0) is 11.8 Å². The van der Waals surface area contributed by atoms with Gasteiger partial charge in [-0.2, -0.15) is 0 Å². The third-order valence-corrected chi connectivity index (χ3v) is 20.7. The monoisotopic (exact) mass is 278 g/mol. The van der Waals surface area contributed by atoms with E-state index in [1.807, 2.05) is 0 Å². The van der Waals surface area contributed by atoms with Gasteiger partial charge in [0.15, 0.2) is 0 Å². The van der Waals surface area contributed by atoms with E-state index in [4.69, 9.17) is 11.2 Å². The van der Waals surface area contributed by atoms with E-state index in [0.29, 0.717) is 0 Å². The molecule has 1 unspecified atom stereocenters. The second kappa shape index (κ2) is 5.34. The standard InChI is InChI=1S/C11H24ClPSi2/c1-9-10(2)13(12)11(14(3,4)5)15(6,7)8/h11H,1H2,2-8H3. The summed E-state index contributed by atoms with van der Waals surface area (Å²) in [4.78, 5) is 0.746. The zero-order chi connectivity index (χ0) is 12.4. The molecule has 0 radical (unpaired) electrons. The Kier molecular flexibility index (Phi) is 5.58. The quantitative estimate of drug-likeness (QED) is 0.365. The minimum Gasteiger partial charge on any atom is -0.124 e. The maximum Gasteiger partial charge on any atom is 0.0510 e. The Labute approximate surface area is 103 Å². The molecule has 0 amide bonds. The summed E-state index contributed by atoms with van der Waals surface area (Å²) in [7, 11) is -2.93. The second-order valence-corrected chi connectivity index (χ2v) is 21.3.